The van der Waals surface area contributed by atoms with Crippen LogP contribution in [0.5, 0.6) is 0 Å². The second-order valence-corrected chi connectivity index (χ2v) is 7.31. The van der Waals surface area contributed by atoms with Crippen LogP contribution < -0.4 is 27.4 Å². The van der Waals surface area contributed by atoms with Crippen molar-refractivity contribution in [1.82, 2.24) is 16.0 Å². The number of rotatable bonds is 13. The van der Waals surface area contributed by atoms with Crippen molar-refractivity contribution in [2.45, 2.75) is 64.2 Å². The number of carboxylic acids is 1. The maximum Gasteiger partial charge on any atom is 0.326 e. The Bertz CT molecular complexity index is 544. The van der Waals surface area contributed by atoms with Gasteiger partial charge in [0.25, 0.3) is 0 Å². The third kappa shape index (κ3) is 9.38. The minimum absolute atomic E-state index is 0.00514. The van der Waals surface area contributed by atoms with Gasteiger partial charge in [0.05, 0.1) is 6.04 Å². The summed E-state index contributed by atoms with van der Waals surface area (Å²) in [7, 11) is 0. The maximum atomic E-state index is 12.6. The van der Waals surface area contributed by atoms with Gasteiger partial charge in [0.1, 0.15) is 18.1 Å². The van der Waals surface area contributed by atoms with Gasteiger partial charge in [-0.25, -0.2) is 4.79 Å². The summed E-state index contributed by atoms with van der Waals surface area (Å²) in [6.45, 7) is 5.24. The summed E-state index contributed by atoms with van der Waals surface area (Å²) in [6, 6.07) is -3.83. The Morgan fingerprint density at radius 2 is 1.46 bits per heavy atom. The number of unbranched alkanes of at least 4 members (excludes halogenated alkanes) is 1. The quantitative estimate of drug-likeness (QED) is 0.142. The summed E-state index contributed by atoms with van der Waals surface area (Å²) >= 11 is 4.06. The van der Waals surface area contributed by atoms with Crippen molar-refractivity contribution in [3.8, 4) is 0 Å². The molecule has 11 heteroatoms. The van der Waals surface area contributed by atoms with Crippen LogP contribution in [-0.2, 0) is 19.2 Å². The lowest BCUT2D eigenvalue weighted by atomic mass is 10.0. The highest BCUT2D eigenvalue weighted by molar-refractivity contribution is 7.80. The van der Waals surface area contributed by atoms with E-state index in [1.54, 1.807) is 13.8 Å². The lowest BCUT2D eigenvalue weighted by Gasteiger charge is -2.25. The average Bonchev–Trinajstić information content (AvgIpc) is 2.61. The van der Waals surface area contributed by atoms with Crippen LogP contribution in [0, 0.1) is 5.92 Å². The Morgan fingerprint density at radius 3 is 1.89 bits per heavy atom. The Morgan fingerprint density at radius 1 is 0.929 bits per heavy atom. The molecule has 0 rings (SSSR count). The van der Waals surface area contributed by atoms with E-state index in [1.807, 2.05) is 0 Å². The van der Waals surface area contributed by atoms with Crippen molar-refractivity contribution in [2.24, 2.45) is 17.4 Å². The number of amides is 3. The van der Waals surface area contributed by atoms with Crippen molar-refractivity contribution >= 4 is 36.3 Å². The zero-order chi connectivity index (χ0) is 21.9. The number of carbonyl (C=O) groups is 4. The highest BCUT2D eigenvalue weighted by Gasteiger charge is 2.30. The standard InChI is InChI=1S/C17H33N5O5S/c1-9(2)13(17(26)27)22-15(24)11(6-4-5-7-18)20-16(25)12(8-28)21-14(23)10(3)19/h9-13,28H,4-8,18-19H2,1-3H3,(H,20,25)(H,21,23)(H,22,24)(H,26,27). The van der Waals surface area contributed by atoms with Crippen LogP contribution in [0.4, 0.5) is 0 Å². The third-order valence-electron chi connectivity index (χ3n) is 4.04. The molecular formula is C17H33N5O5S. The van der Waals surface area contributed by atoms with E-state index in [1.165, 1.54) is 6.92 Å². The van der Waals surface area contributed by atoms with Gasteiger partial charge in [0.15, 0.2) is 0 Å². The van der Waals surface area contributed by atoms with Crippen LogP contribution in [0.3, 0.4) is 0 Å². The predicted octanol–water partition coefficient (Wildman–Crippen LogP) is -1.41. The van der Waals surface area contributed by atoms with Crippen molar-refractivity contribution in [3.63, 3.8) is 0 Å². The molecule has 0 spiro atoms. The van der Waals surface area contributed by atoms with Gasteiger partial charge in [-0.05, 0) is 38.6 Å². The molecule has 0 aliphatic rings. The molecule has 0 saturated heterocycles. The zero-order valence-electron chi connectivity index (χ0n) is 16.6. The van der Waals surface area contributed by atoms with E-state index in [9.17, 15) is 24.3 Å². The molecule has 0 bridgehead atoms. The molecule has 162 valence electrons. The second-order valence-electron chi connectivity index (χ2n) is 6.95. The van der Waals surface area contributed by atoms with E-state index in [4.69, 9.17) is 11.5 Å². The van der Waals surface area contributed by atoms with E-state index in [-0.39, 0.29) is 18.1 Å². The van der Waals surface area contributed by atoms with Crippen LogP contribution >= 0.6 is 12.6 Å². The lowest BCUT2D eigenvalue weighted by Crippen LogP contribution is -2.57. The van der Waals surface area contributed by atoms with Gasteiger partial charge in [-0.15, -0.1) is 0 Å². The normalized spacial score (nSPS) is 15.2. The van der Waals surface area contributed by atoms with Crippen molar-refractivity contribution < 1.29 is 24.3 Å². The van der Waals surface area contributed by atoms with E-state index in [2.05, 4.69) is 28.6 Å². The lowest BCUT2D eigenvalue weighted by molar-refractivity contribution is -0.143. The Kier molecular flexibility index (Phi) is 12.5. The van der Waals surface area contributed by atoms with E-state index in [0.717, 1.165) is 0 Å². The summed E-state index contributed by atoms with van der Waals surface area (Å²) in [4.78, 5) is 48.2. The fourth-order valence-corrected chi connectivity index (χ4v) is 2.56. The number of hydrogen-bond acceptors (Lipinski definition) is 7. The fourth-order valence-electron chi connectivity index (χ4n) is 2.30. The summed E-state index contributed by atoms with van der Waals surface area (Å²) < 4.78 is 0. The Labute approximate surface area is 171 Å². The molecule has 0 aromatic heterocycles. The summed E-state index contributed by atoms with van der Waals surface area (Å²) in [5.74, 6) is -3.23. The number of carbonyl (C=O) groups excluding carboxylic acids is 3. The number of thiol groups is 1. The molecule has 4 unspecified atom stereocenters. The largest absolute Gasteiger partial charge is 0.480 e. The molecule has 10 nitrogen and oxygen atoms in total. The summed E-state index contributed by atoms with van der Waals surface area (Å²) in [6.07, 6.45) is 1.48. The van der Waals surface area contributed by atoms with E-state index < -0.39 is 47.9 Å². The predicted molar refractivity (Wildman–Crippen MR) is 109 cm³/mol. The molecule has 0 aliphatic carbocycles. The number of nitrogens with one attached hydrogen (secondary N) is 3. The van der Waals surface area contributed by atoms with Gasteiger partial charge >= 0.3 is 5.97 Å². The van der Waals surface area contributed by atoms with Gasteiger partial charge in [-0.2, -0.15) is 12.6 Å². The summed E-state index contributed by atoms with van der Waals surface area (Å²) in [5.41, 5.74) is 11.0. The minimum atomic E-state index is -1.16. The summed E-state index contributed by atoms with van der Waals surface area (Å²) in [5, 5.41) is 16.7. The second kappa shape index (κ2) is 13.3. The Balaban J connectivity index is 5.20. The van der Waals surface area contributed by atoms with Gasteiger partial charge < -0.3 is 32.5 Å². The van der Waals surface area contributed by atoms with Crippen LogP contribution in [0.2, 0.25) is 0 Å². The molecule has 0 saturated carbocycles. The molecule has 3 amide bonds. The SMILES string of the molecule is CC(N)C(=O)NC(CS)C(=O)NC(CCCCN)C(=O)NC(C(=O)O)C(C)C. The highest BCUT2D eigenvalue weighted by Crippen LogP contribution is 2.06. The van der Waals surface area contributed by atoms with Crippen LogP contribution in [0.15, 0.2) is 0 Å². The minimum Gasteiger partial charge on any atom is -0.480 e. The molecule has 0 fully saturated rings. The number of carboxylic acid groups (broad SMARTS) is 1. The van der Waals surface area contributed by atoms with Gasteiger partial charge in [0.2, 0.25) is 17.7 Å². The highest BCUT2D eigenvalue weighted by atomic mass is 32.1. The first-order chi connectivity index (χ1) is 13.0. The topological polar surface area (TPSA) is 177 Å². The van der Waals surface area contributed by atoms with Crippen molar-refractivity contribution in [1.29, 1.82) is 0 Å². The smallest absolute Gasteiger partial charge is 0.326 e. The van der Waals surface area contributed by atoms with Crippen molar-refractivity contribution in [3.05, 3.63) is 0 Å². The molecule has 8 N–H and O–H groups in total. The van der Waals surface area contributed by atoms with Gasteiger partial charge in [0, 0.05) is 5.75 Å². The molecule has 0 heterocycles. The third-order valence-corrected chi connectivity index (χ3v) is 4.40. The van der Waals surface area contributed by atoms with E-state index >= 15 is 0 Å². The molecule has 0 aromatic rings. The number of nitrogens with two attached hydrogens (primary N) is 2. The molecule has 0 radical (unpaired) electrons. The molecule has 4 atom stereocenters. The number of aliphatic carboxylic acids is 1. The molecule has 0 aliphatic heterocycles. The fraction of sp³-hybridized carbons (Fsp3) is 0.765. The van der Waals surface area contributed by atoms with Crippen LogP contribution in [0.1, 0.15) is 40.0 Å². The monoisotopic (exact) mass is 419 g/mol. The average molecular weight is 420 g/mol. The number of hydrogen-bond donors (Lipinski definition) is 7. The van der Waals surface area contributed by atoms with Crippen molar-refractivity contribution in [2.75, 3.05) is 12.3 Å². The zero-order valence-corrected chi connectivity index (χ0v) is 17.5. The van der Waals surface area contributed by atoms with Gasteiger partial charge in [-0.3, -0.25) is 14.4 Å². The van der Waals surface area contributed by atoms with Gasteiger partial charge in [-0.1, -0.05) is 13.8 Å². The first-order valence-electron chi connectivity index (χ1n) is 9.25. The van der Waals surface area contributed by atoms with Crippen LogP contribution in [-0.4, -0.2) is 65.3 Å². The Hall–Kier alpha value is -1.85. The first kappa shape index (κ1) is 26.1. The molecular weight excluding hydrogens is 386 g/mol. The molecule has 28 heavy (non-hydrogen) atoms. The first-order valence-corrected chi connectivity index (χ1v) is 9.88. The molecule has 0 aromatic carbocycles. The maximum absolute atomic E-state index is 12.6. The van der Waals surface area contributed by atoms with E-state index in [0.29, 0.717) is 19.4 Å². The van der Waals surface area contributed by atoms with Crippen LogP contribution in [0.25, 0.3) is 0 Å².